The van der Waals surface area contributed by atoms with Crippen LogP contribution in [0.4, 0.5) is 0 Å². The maximum absolute atomic E-state index is 11.8. The number of rotatable bonds is 6. The molecule has 2 rings (SSSR count). The van der Waals surface area contributed by atoms with E-state index in [9.17, 15) is 8.42 Å². The minimum Gasteiger partial charge on any atom is -0.214 e. The van der Waals surface area contributed by atoms with Gasteiger partial charge in [-0.1, -0.05) is 19.9 Å². The largest absolute Gasteiger partial charge is 0.214 e. The van der Waals surface area contributed by atoms with Gasteiger partial charge in [0.2, 0.25) is 10.0 Å². The van der Waals surface area contributed by atoms with Gasteiger partial charge in [0, 0.05) is 16.8 Å². The van der Waals surface area contributed by atoms with Crippen molar-refractivity contribution in [2.75, 3.05) is 12.3 Å². The second-order valence-electron chi connectivity index (χ2n) is 5.25. The van der Waals surface area contributed by atoms with Crippen molar-refractivity contribution >= 4 is 21.4 Å². The molecular weight excluding hydrogens is 254 g/mol. The summed E-state index contributed by atoms with van der Waals surface area (Å²) in [7, 11) is -3.11. The molecule has 0 amide bonds. The van der Waals surface area contributed by atoms with Crippen molar-refractivity contribution in [3.8, 4) is 0 Å². The summed E-state index contributed by atoms with van der Waals surface area (Å²) in [4.78, 5) is 1.31. The van der Waals surface area contributed by atoms with E-state index in [1.807, 2.05) is 19.9 Å². The van der Waals surface area contributed by atoms with E-state index in [1.165, 1.54) is 4.88 Å². The van der Waals surface area contributed by atoms with Crippen molar-refractivity contribution in [3.63, 3.8) is 0 Å². The Labute approximate surface area is 107 Å². The van der Waals surface area contributed by atoms with Gasteiger partial charge < -0.3 is 0 Å². The van der Waals surface area contributed by atoms with Gasteiger partial charge in [-0.2, -0.15) is 0 Å². The molecule has 0 unspecified atom stereocenters. The van der Waals surface area contributed by atoms with Crippen LogP contribution >= 0.6 is 11.3 Å². The fraction of sp³-hybridized carbons (Fsp3) is 0.667. The molecule has 0 bridgehead atoms. The quantitative estimate of drug-likeness (QED) is 0.865. The van der Waals surface area contributed by atoms with Gasteiger partial charge >= 0.3 is 0 Å². The van der Waals surface area contributed by atoms with Crippen LogP contribution in [0.3, 0.4) is 0 Å². The summed E-state index contributed by atoms with van der Waals surface area (Å²) < 4.78 is 26.3. The summed E-state index contributed by atoms with van der Waals surface area (Å²) in [5, 5.41) is 2.05. The Kier molecular flexibility index (Phi) is 3.61. The number of hydrogen-bond acceptors (Lipinski definition) is 3. The van der Waals surface area contributed by atoms with Crippen LogP contribution in [0.5, 0.6) is 0 Å². The highest BCUT2D eigenvalue weighted by Gasteiger charge is 2.45. The Bertz CT molecular complexity index is 459. The van der Waals surface area contributed by atoms with Gasteiger partial charge in [0.05, 0.1) is 5.75 Å². The van der Waals surface area contributed by atoms with Crippen LogP contribution in [0.1, 0.15) is 31.6 Å². The predicted molar refractivity (Wildman–Crippen MR) is 71.9 cm³/mol. The molecule has 0 spiro atoms. The lowest BCUT2D eigenvalue weighted by Crippen LogP contribution is -2.34. The fourth-order valence-electron chi connectivity index (χ4n) is 1.99. The first-order valence-corrected chi connectivity index (χ1v) is 8.48. The van der Waals surface area contributed by atoms with Gasteiger partial charge in [-0.15, -0.1) is 11.3 Å². The molecule has 0 saturated heterocycles. The molecule has 0 atom stereocenters. The Balaban J connectivity index is 1.95. The van der Waals surface area contributed by atoms with Crippen LogP contribution in [0, 0.1) is 5.92 Å². The molecule has 0 aliphatic heterocycles. The highest BCUT2D eigenvalue weighted by molar-refractivity contribution is 7.89. The predicted octanol–water partition coefficient (Wildman–Crippen LogP) is 2.36. The molecular formula is C12H19NO2S2. The molecule has 1 heterocycles. The van der Waals surface area contributed by atoms with Gasteiger partial charge in [-0.3, -0.25) is 0 Å². The summed E-state index contributed by atoms with van der Waals surface area (Å²) >= 11 is 1.72. The highest BCUT2D eigenvalue weighted by atomic mass is 32.2. The average molecular weight is 273 g/mol. The summed E-state index contributed by atoms with van der Waals surface area (Å²) in [5.74, 6) is 0.387. The zero-order valence-electron chi connectivity index (χ0n) is 10.3. The lowest BCUT2D eigenvalue weighted by atomic mass is 10.1. The third kappa shape index (κ3) is 3.30. The fourth-order valence-corrected chi connectivity index (χ4v) is 4.47. The van der Waals surface area contributed by atoms with Gasteiger partial charge in [0.25, 0.3) is 0 Å². The maximum Gasteiger partial charge on any atom is 0.211 e. The third-order valence-electron chi connectivity index (χ3n) is 3.08. The van der Waals surface area contributed by atoms with Crippen molar-refractivity contribution in [1.82, 2.24) is 4.72 Å². The van der Waals surface area contributed by atoms with Crippen LogP contribution in [-0.4, -0.2) is 20.7 Å². The molecule has 1 saturated carbocycles. The molecule has 17 heavy (non-hydrogen) atoms. The molecule has 1 fully saturated rings. The zero-order valence-corrected chi connectivity index (χ0v) is 11.9. The van der Waals surface area contributed by atoms with Gasteiger partial charge in [-0.25, -0.2) is 13.1 Å². The smallest absolute Gasteiger partial charge is 0.211 e. The van der Waals surface area contributed by atoms with Crippen molar-refractivity contribution in [3.05, 3.63) is 22.4 Å². The lowest BCUT2D eigenvalue weighted by Gasteiger charge is -2.15. The SMILES string of the molecule is CC(C)CS(=O)(=O)NCC1(c2cccs2)CC1. The zero-order chi connectivity index (χ0) is 12.5. The van der Waals surface area contributed by atoms with E-state index in [1.54, 1.807) is 11.3 Å². The number of sulfonamides is 1. The molecule has 5 heteroatoms. The molecule has 3 nitrogen and oxygen atoms in total. The summed E-state index contributed by atoms with van der Waals surface area (Å²) in [6, 6.07) is 4.14. The number of nitrogens with one attached hydrogen (secondary N) is 1. The summed E-state index contributed by atoms with van der Waals surface area (Å²) in [6.45, 7) is 4.40. The first-order valence-electron chi connectivity index (χ1n) is 5.95. The first-order chi connectivity index (χ1) is 7.94. The summed E-state index contributed by atoms with van der Waals surface area (Å²) in [6.07, 6.45) is 2.19. The van der Waals surface area contributed by atoms with Crippen LogP contribution in [0.2, 0.25) is 0 Å². The molecule has 1 N–H and O–H groups in total. The Morgan fingerprint density at radius 3 is 2.65 bits per heavy atom. The number of thiophene rings is 1. The standard InChI is InChI=1S/C12H19NO2S2/c1-10(2)8-17(14,15)13-9-12(5-6-12)11-4-3-7-16-11/h3-4,7,10,13H,5-6,8-9H2,1-2H3. The normalized spacial score (nSPS) is 18.5. The van der Waals surface area contributed by atoms with E-state index in [4.69, 9.17) is 0 Å². The third-order valence-corrected chi connectivity index (χ3v) is 5.89. The van der Waals surface area contributed by atoms with Crippen LogP contribution in [0.25, 0.3) is 0 Å². The van der Waals surface area contributed by atoms with Crippen molar-refractivity contribution in [2.24, 2.45) is 5.92 Å². The molecule has 96 valence electrons. The van der Waals surface area contributed by atoms with E-state index in [0.29, 0.717) is 6.54 Å². The molecule has 1 aromatic rings. The minimum atomic E-state index is -3.11. The Morgan fingerprint density at radius 1 is 1.47 bits per heavy atom. The van der Waals surface area contributed by atoms with Crippen molar-refractivity contribution in [1.29, 1.82) is 0 Å². The Morgan fingerprint density at radius 2 is 2.18 bits per heavy atom. The number of hydrogen-bond donors (Lipinski definition) is 1. The van der Waals surface area contributed by atoms with E-state index in [-0.39, 0.29) is 17.1 Å². The van der Waals surface area contributed by atoms with E-state index >= 15 is 0 Å². The van der Waals surface area contributed by atoms with Crippen LogP contribution in [0.15, 0.2) is 17.5 Å². The van der Waals surface area contributed by atoms with E-state index in [2.05, 4.69) is 16.2 Å². The van der Waals surface area contributed by atoms with Gasteiger partial charge in [0.1, 0.15) is 0 Å². The molecule has 0 radical (unpaired) electrons. The van der Waals surface area contributed by atoms with E-state index in [0.717, 1.165) is 12.8 Å². The second kappa shape index (κ2) is 4.71. The van der Waals surface area contributed by atoms with Gasteiger partial charge in [0.15, 0.2) is 0 Å². The van der Waals surface area contributed by atoms with E-state index < -0.39 is 10.0 Å². The topological polar surface area (TPSA) is 46.2 Å². The highest BCUT2D eigenvalue weighted by Crippen LogP contribution is 2.49. The molecule has 1 aromatic heterocycles. The van der Waals surface area contributed by atoms with Crippen LogP contribution in [-0.2, 0) is 15.4 Å². The second-order valence-corrected chi connectivity index (χ2v) is 8.05. The van der Waals surface area contributed by atoms with Crippen molar-refractivity contribution in [2.45, 2.75) is 32.1 Å². The minimum absolute atomic E-state index is 0.0955. The Hall–Kier alpha value is -0.390. The van der Waals surface area contributed by atoms with Crippen molar-refractivity contribution < 1.29 is 8.42 Å². The lowest BCUT2D eigenvalue weighted by molar-refractivity contribution is 0.557. The molecule has 1 aliphatic rings. The molecule has 0 aromatic carbocycles. The van der Waals surface area contributed by atoms with Gasteiger partial charge in [-0.05, 0) is 30.2 Å². The average Bonchev–Trinajstić information content (AvgIpc) is 2.79. The maximum atomic E-state index is 11.8. The summed E-state index contributed by atoms with van der Waals surface area (Å²) in [5.41, 5.74) is 0.0955. The van der Waals surface area contributed by atoms with Crippen LogP contribution < -0.4 is 4.72 Å². The monoisotopic (exact) mass is 273 g/mol. The molecule has 1 aliphatic carbocycles. The first kappa shape index (κ1) is 13.1.